The van der Waals surface area contributed by atoms with Gasteiger partial charge in [0, 0.05) is 5.02 Å². The lowest BCUT2D eigenvalue weighted by Gasteiger charge is -2.15. The first-order valence-electron chi connectivity index (χ1n) is 10.2. The zero-order valence-electron chi connectivity index (χ0n) is 16.8. The summed E-state index contributed by atoms with van der Waals surface area (Å²) in [6.45, 7) is 2.85. The monoisotopic (exact) mass is 459 g/mol. The van der Waals surface area contributed by atoms with Crippen molar-refractivity contribution in [2.75, 3.05) is 11.6 Å². The molecule has 1 aromatic rings. The molecule has 160 valence electrons. The van der Waals surface area contributed by atoms with Crippen LogP contribution in [0.5, 0.6) is 0 Å². The van der Waals surface area contributed by atoms with Crippen molar-refractivity contribution >= 4 is 58.6 Å². The van der Waals surface area contributed by atoms with Crippen LogP contribution in [-0.4, -0.2) is 24.8 Å². The van der Waals surface area contributed by atoms with Gasteiger partial charge in [0.05, 0.1) is 23.1 Å². The van der Waals surface area contributed by atoms with E-state index in [9.17, 15) is 4.79 Å². The van der Waals surface area contributed by atoms with E-state index in [2.05, 4.69) is 17.0 Å². The van der Waals surface area contributed by atoms with E-state index in [-0.39, 0.29) is 22.4 Å². The van der Waals surface area contributed by atoms with E-state index in [4.69, 9.17) is 39.5 Å². The molecule has 0 fully saturated rings. The lowest BCUT2D eigenvalue weighted by atomic mass is 10.1. The molecule has 0 bridgehead atoms. The summed E-state index contributed by atoms with van der Waals surface area (Å²) in [6, 6.07) is 3.03. The van der Waals surface area contributed by atoms with Gasteiger partial charge in [-0.1, -0.05) is 93.1 Å². The quantitative estimate of drug-likeness (QED) is 0.187. The molecule has 0 N–H and O–H groups in total. The number of rotatable bonds is 12. The van der Waals surface area contributed by atoms with Crippen molar-refractivity contribution in [2.45, 2.75) is 71.1 Å². The number of aliphatic imine (C=N–C) groups is 1. The predicted octanol–water partition coefficient (Wildman–Crippen LogP) is 7.27. The van der Waals surface area contributed by atoms with Gasteiger partial charge < -0.3 is 4.74 Å². The Hall–Kier alpha value is -1.30. The molecule has 1 amide bonds. The van der Waals surface area contributed by atoms with Crippen LogP contribution in [0.15, 0.2) is 22.2 Å². The molecule has 0 unspecified atom stereocenters. The summed E-state index contributed by atoms with van der Waals surface area (Å²) < 4.78 is 5.42. The van der Waals surface area contributed by atoms with Crippen LogP contribution in [-0.2, 0) is 9.53 Å². The van der Waals surface area contributed by atoms with Crippen LogP contribution in [0, 0.1) is 0 Å². The summed E-state index contributed by atoms with van der Waals surface area (Å²) in [5.41, 5.74) is 0.309. The zero-order valence-corrected chi connectivity index (χ0v) is 19.1. The minimum atomic E-state index is -0.262. The third-order valence-corrected chi connectivity index (χ3v) is 5.39. The van der Waals surface area contributed by atoms with E-state index in [1.165, 1.54) is 63.5 Å². The minimum absolute atomic E-state index is 0.0627. The number of hydrazone groups is 1. The van der Waals surface area contributed by atoms with Gasteiger partial charge in [-0.25, -0.2) is 4.99 Å². The molecule has 29 heavy (non-hydrogen) atoms. The molecule has 0 saturated heterocycles. The number of carbonyl (C=O) groups is 1. The molecule has 8 heteroatoms. The van der Waals surface area contributed by atoms with E-state index in [0.29, 0.717) is 23.2 Å². The summed E-state index contributed by atoms with van der Waals surface area (Å²) in [4.78, 5) is 16.4. The van der Waals surface area contributed by atoms with E-state index in [1.54, 1.807) is 0 Å². The second kappa shape index (κ2) is 13.1. The van der Waals surface area contributed by atoms with Gasteiger partial charge >= 0.3 is 0 Å². The fourth-order valence-corrected chi connectivity index (χ4v) is 4.02. The van der Waals surface area contributed by atoms with Crippen molar-refractivity contribution in [3.63, 3.8) is 0 Å². The van der Waals surface area contributed by atoms with E-state index >= 15 is 0 Å². The Kier molecular flexibility index (Phi) is 10.8. The molecule has 0 spiro atoms. The van der Waals surface area contributed by atoms with Gasteiger partial charge in [-0.3, -0.25) is 4.79 Å². The van der Waals surface area contributed by atoms with Gasteiger partial charge in [0.15, 0.2) is 12.2 Å². The number of benzene rings is 1. The Balaban J connectivity index is 1.69. The zero-order chi connectivity index (χ0) is 21.1. The molecule has 1 aliphatic rings. The Morgan fingerprint density at radius 1 is 1.03 bits per heavy atom. The summed E-state index contributed by atoms with van der Waals surface area (Å²) in [7, 11) is 0. The number of carbonyl (C=O) groups excluding carboxylic acids is 1. The lowest BCUT2D eigenvalue weighted by molar-refractivity contribution is -0.116. The van der Waals surface area contributed by atoms with Crippen LogP contribution in [0.3, 0.4) is 0 Å². The number of ether oxygens (including phenoxy) is 1. The Bertz CT molecular complexity index is 715. The molecule has 0 aromatic heterocycles. The second-order valence-electron chi connectivity index (χ2n) is 7.05. The number of amides is 1. The number of halogens is 3. The van der Waals surface area contributed by atoms with Crippen molar-refractivity contribution < 1.29 is 9.53 Å². The average Bonchev–Trinajstić information content (AvgIpc) is 3.02. The fraction of sp³-hybridized carbons (Fsp3) is 0.571. The maximum atomic E-state index is 12.2. The van der Waals surface area contributed by atoms with Crippen LogP contribution >= 0.6 is 34.8 Å². The van der Waals surface area contributed by atoms with Crippen molar-refractivity contribution in [1.82, 2.24) is 0 Å². The largest absolute Gasteiger partial charge is 0.483 e. The molecule has 0 aliphatic carbocycles. The van der Waals surface area contributed by atoms with Crippen molar-refractivity contribution in [3.05, 3.63) is 27.2 Å². The van der Waals surface area contributed by atoms with Crippen LogP contribution < -0.4 is 5.01 Å². The van der Waals surface area contributed by atoms with E-state index < -0.39 is 0 Å². The van der Waals surface area contributed by atoms with Crippen molar-refractivity contribution in [2.24, 2.45) is 10.1 Å². The number of unbranched alkanes of at least 4 members (excludes halogenated alkanes) is 8. The number of anilines is 1. The predicted molar refractivity (Wildman–Crippen MR) is 123 cm³/mol. The maximum absolute atomic E-state index is 12.2. The highest BCUT2D eigenvalue weighted by Crippen LogP contribution is 2.38. The first-order valence-corrected chi connectivity index (χ1v) is 11.4. The molecule has 0 radical (unpaired) electrons. The summed E-state index contributed by atoms with van der Waals surface area (Å²) in [5.74, 6) is 0.0892. The Labute approximate surface area is 188 Å². The molecule has 1 heterocycles. The van der Waals surface area contributed by atoms with Crippen LogP contribution in [0.4, 0.5) is 5.69 Å². The van der Waals surface area contributed by atoms with E-state index in [1.807, 2.05) is 0 Å². The molecule has 1 aromatic carbocycles. The van der Waals surface area contributed by atoms with Gasteiger partial charge in [-0.15, -0.1) is 5.10 Å². The number of nitrogens with zero attached hydrogens (tertiary/aromatic N) is 3. The fourth-order valence-electron chi connectivity index (χ4n) is 3.05. The van der Waals surface area contributed by atoms with Crippen LogP contribution in [0.25, 0.3) is 0 Å². The molecule has 0 saturated carbocycles. The maximum Gasteiger partial charge on any atom is 0.255 e. The Morgan fingerprint density at radius 3 is 2.24 bits per heavy atom. The van der Waals surface area contributed by atoms with Crippen molar-refractivity contribution in [3.8, 4) is 0 Å². The van der Waals surface area contributed by atoms with Crippen molar-refractivity contribution in [1.29, 1.82) is 0 Å². The number of hydrogen-bond donors (Lipinski definition) is 0. The van der Waals surface area contributed by atoms with Gasteiger partial charge in [0.1, 0.15) is 5.69 Å². The van der Waals surface area contributed by atoms with Crippen LogP contribution in [0.2, 0.25) is 15.1 Å². The molecule has 5 nitrogen and oxygen atoms in total. The highest BCUT2D eigenvalue weighted by molar-refractivity contribution is 6.42. The molecule has 0 atom stereocenters. The van der Waals surface area contributed by atoms with Gasteiger partial charge in [0.2, 0.25) is 0 Å². The molecule has 2 rings (SSSR count). The summed E-state index contributed by atoms with van der Waals surface area (Å²) in [5, 5.41) is 6.25. The summed E-state index contributed by atoms with van der Waals surface area (Å²) in [6.07, 6.45) is 12.8. The topological polar surface area (TPSA) is 54.3 Å². The summed E-state index contributed by atoms with van der Waals surface area (Å²) >= 11 is 18.2. The van der Waals surface area contributed by atoms with E-state index in [0.717, 1.165) is 17.9 Å². The normalized spacial score (nSPS) is 14.1. The van der Waals surface area contributed by atoms with Crippen LogP contribution in [0.1, 0.15) is 71.1 Å². The first kappa shape index (κ1) is 24.0. The second-order valence-corrected chi connectivity index (χ2v) is 8.30. The molecular formula is C21H28Cl3N3O2. The standard InChI is InChI=1S/C21H28Cl3N3O2/c1-2-3-4-5-6-7-8-9-10-11-29-15-25-19-14-20(28)27(26-19)21-17(23)12-16(22)13-18(21)24/h12-13,15H,2-11,14H2,1H3/b25-15+. The minimum Gasteiger partial charge on any atom is -0.483 e. The number of amidine groups is 1. The molecule has 1 aliphatic heterocycles. The first-order chi connectivity index (χ1) is 14.0. The third kappa shape index (κ3) is 8.15. The number of hydrogen-bond acceptors (Lipinski definition) is 4. The van der Waals surface area contributed by atoms with Gasteiger partial charge in [-0.05, 0) is 18.6 Å². The molecular weight excluding hydrogens is 433 g/mol. The highest BCUT2D eigenvalue weighted by atomic mass is 35.5. The third-order valence-electron chi connectivity index (χ3n) is 4.60. The highest BCUT2D eigenvalue weighted by Gasteiger charge is 2.28. The smallest absolute Gasteiger partial charge is 0.255 e. The SMILES string of the molecule is CCCCCCCCCCCO/C=N/C1=NN(c2c(Cl)cc(Cl)cc2Cl)C(=O)C1. The lowest BCUT2D eigenvalue weighted by Crippen LogP contribution is -2.20. The van der Waals surface area contributed by atoms with Gasteiger partial charge in [0.25, 0.3) is 5.91 Å². The van der Waals surface area contributed by atoms with Gasteiger partial charge in [-0.2, -0.15) is 5.01 Å². The average molecular weight is 461 g/mol. The Morgan fingerprint density at radius 2 is 1.62 bits per heavy atom.